The van der Waals surface area contributed by atoms with E-state index < -0.39 is 0 Å². The Labute approximate surface area is 108 Å². The number of rotatable bonds is 4. The molecule has 2 rings (SSSR count). The first kappa shape index (κ1) is 11.9. The van der Waals surface area contributed by atoms with Crippen molar-refractivity contribution in [2.24, 2.45) is 0 Å². The number of anilines is 2. The van der Waals surface area contributed by atoms with Crippen LogP contribution in [-0.2, 0) is 0 Å². The van der Waals surface area contributed by atoms with E-state index in [4.69, 9.17) is 4.74 Å². The maximum Gasteiger partial charge on any atom is 0.148 e. The van der Waals surface area contributed by atoms with E-state index >= 15 is 0 Å². The van der Waals surface area contributed by atoms with E-state index in [0.29, 0.717) is 6.61 Å². The van der Waals surface area contributed by atoms with Gasteiger partial charge in [-0.1, -0.05) is 0 Å². The van der Waals surface area contributed by atoms with E-state index in [1.165, 1.54) is 6.33 Å². The van der Waals surface area contributed by atoms with Gasteiger partial charge in [0.15, 0.2) is 0 Å². The number of halogens is 1. The summed E-state index contributed by atoms with van der Waals surface area (Å²) in [6.07, 6.45) is 3.20. The van der Waals surface area contributed by atoms with Crippen molar-refractivity contribution in [3.05, 3.63) is 41.3 Å². The van der Waals surface area contributed by atoms with E-state index in [0.717, 1.165) is 21.7 Å². The summed E-state index contributed by atoms with van der Waals surface area (Å²) in [5.74, 6) is 1.60. The fraction of sp³-hybridized carbons (Fsp3) is 0.167. The van der Waals surface area contributed by atoms with Crippen LogP contribution in [-0.4, -0.2) is 16.6 Å². The number of hydrogen-bond acceptors (Lipinski definition) is 4. The standard InChI is InChI=1S/C12H12BrN3O/c1-2-17-10-5-3-9(4-6-10)16-12-11(13)7-14-8-15-12/h3-8H,2H2,1H3,(H,14,15,16). The van der Waals surface area contributed by atoms with Gasteiger partial charge >= 0.3 is 0 Å². The molecule has 0 atom stereocenters. The molecule has 0 fully saturated rings. The second kappa shape index (κ2) is 5.63. The molecule has 5 heteroatoms. The van der Waals surface area contributed by atoms with Crippen molar-refractivity contribution < 1.29 is 4.74 Å². The van der Waals surface area contributed by atoms with Crippen LogP contribution in [0.15, 0.2) is 41.3 Å². The Kier molecular flexibility index (Phi) is 3.93. The summed E-state index contributed by atoms with van der Waals surface area (Å²) >= 11 is 3.38. The fourth-order valence-corrected chi connectivity index (χ4v) is 1.66. The number of aromatic nitrogens is 2. The third kappa shape index (κ3) is 3.17. The zero-order valence-corrected chi connectivity index (χ0v) is 10.9. The quantitative estimate of drug-likeness (QED) is 0.939. The second-order valence-corrected chi connectivity index (χ2v) is 4.16. The average molecular weight is 294 g/mol. The molecule has 17 heavy (non-hydrogen) atoms. The van der Waals surface area contributed by atoms with Gasteiger partial charge in [-0.3, -0.25) is 0 Å². The minimum absolute atomic E-state index is 0.671. The molecule has 2 aromatic rings. The molecule has 0 unspecified atom stereocenters. The van der Waals surface area contributed by atoms with E-state index in [-0.39, 0.29) is 0 Å². The van der Waals surface area contributed by atoms with Gasteiger partial charge < -0.3 is 10.1 Å². The molecule has 4 nitrogen and oxygen atoms in total. The highest BCUT2D eigenvalue weighted by Crippen LogP contribution is 2.23. The molecule has 0 amide bonds. The first-order chi connectivity index (χ1) is 8.29. The Morgan fingerprint density at radius 1 is 1.29 bits per heavy atom. The molecule has 0 aliphatic heterocycles. The lowest BCUT2D eigenvalue weighted by molar-refractivity contribution is 0.340. The summed E-state index contributed by atoms with van der Waals surface area (Å²) in [4.78, 5) is 8.04. The summed E-state index contributed by atoms with van der Waals surface area (Å²) in [6, 6.07) is 7.72. The first-order valence-corrected chi connectivity index (χ1v) is 6.04. The summed E-state index contributed by atoms with van der Waals surface area (Å²) in [5, 5.41) is 3.19. The summed E-state index contributed by atoms with van der Waals surface area (Å²) in [7, 11) is 0. The lowest BCUT2D eigenvalue weighted by Crippen LogP contribution is -1.96. The van der Waals surface area contributed by atoms with Crippen LogP contribution < -0.4 is 10.1 Å². The molecule has 0 aliphatic rings. The third-order valence-electron chi connectivity index (χ3n) is 2.10. The zero-order valence-electron chi connectivity index (χ0n) is 9.35. The molecule has 1 aromatic heterocycles. The molecule has 88 valence electrons. The number of ether oxygens (including phenoxy) is 1. The van der Waals surface area contributed by atoms with Crippen LogP contribution in [0.25, 0.3) is 0 Å². The lowest BCUT2D eigenvalue weighted by atomic mass is 10.3. The number of nitrogens with one attached hydrogen (secondary N) is 1. The van der Waals surface area contributed by atoms with Gasteiger partial charge in [0.05, 0.1) is 11.1 Å². The van der Waals surface area contributed by atoms with Crippen LogP contribution in [0, 0.1) is 0 Å². The highest BCUT2D eigenvalue weighted by atomic mass is 79.9. The Hall–Kier alpha value is -1.62. The van der Waals surface area contributed by atoms with Crippen molar-refractivity contribution in [2.75, 3.05) is 11.9 Å². The molecular weight excluding hydrogens is 282 g/mol. The Morgan fingerprint density at radius 2 is 2.06 bits per heavy atom. The Morgan fingerprint density at radius 3 is 2.71 bits per heavy atom. The Balaban J connectivity index is 2.11. The largest absolute Gasteiger partial charge is 0.494 e. The smallest absolute Gasteiger partial charge is 0.148 e. The fourth-order valence-electron chi connectivity index (χ4n) is 1.34. The summed E-state index contributed by atoms with van der Waals surface area (Å²) in [5.41, 5.74) is 0.952. The van der Waals surface area contributed by atoms with E-state index in [9.17, 15) is 0 Å². The molecule has 0 spiro atoms. The molecule has 1 aromatic carbocycles. The predicted molar refractivity (Wildman–Crippen MR) is 70.6 cm³/mol. The molecule has 1 heterocycles. The topological polar surface area (TPSA) is 47.0 Å². The molecule has 0 bridgehead atoms. The summed E-state index contributed by atoms with van der Waals surface area (Å²) in [6.45, 7) is 2.63. The van der Waals surface area contributed by atoms with Gasteiger partial charge in [0.2, 0.25) is 0 Å². The zero-order chi connectivity index (χ0) is 12.1. The Bertz CT molecular complexity index is 487. The monoisotopic (exact) mass is 293 g/mol. The van der Waals surface area contributed by atoms with Crippen molar-refractivity contribution in [3.8, 4) is 5.75 Å². The number of hydrogen-bond donors (Lipinski definition) is 1. The number of nitrogens with zero attached hydrogens (tertiary/aromatic N) is 2. The molecule has 1 N–H and O–H groups in total. The summed E-state index contributed by atoms with van der Waals surface area (Å²) < 4.78 is 6.20. The molecule has 0 radical (unpaired) electrons. The van der Waals surface area contributed by atoms with Crippen molar-refractivity contribution in [1.82, 2.24) is 9.97 Å². The molecular formula is C12H12BrN3O. The van der Waals surface area contributed by atoms with Crippen LogP contribution in [0.4, 0.5) is 11.5 Å². The van der Waals surface area contributed by atoms with Gasteiger partial charge in [0, 0.05) is 11.9 Å². The van der Waals surface area contributed by atoms with Crippen molar-refractivity contribution in [3.63, 3.8) is 0 Å². The highest BCUT2D eigenvalue weighted by molar-refractivity contribution is 9.10. The molecule has 0 saturated carbocycles. The van der Waals surface area contributed by atoms with Crippen LogP contribution in [0.1, 0.15) is 6.92 Å². The minimum atomic E-state index is 0.671. The molecule has 0 saturated heterocycles. The van der Waals surface area contributed by atoms with Crippen molar-refractivity contribution >= 4 is 27.4 Å². The number of benzene rings is 1. The van der Waals surface area contributed by atoms with Crippen molar-refractivity contribution in [2.45, 2.75) is 6.92 Å². The second-order valence-electron chi connectivity index (χ2n) is 3.30. The maximum absolute atomic E-state index is 5.37. The van der Waals surface area contributed by atoms with E-state index in [2.05, 4.69) is 31.2 Å². The van der Waals surface area contributed by atoms with Gasteiger partial charge in [0.1, 0.15) is 17.9 Å². The molecule has 0 aliphatic carbocycles. The first-order valence-electron chi connectivity index (χ1n) is 5.25. The highest BCUT2D eigenvalue weighted by Gasteiger charge is 2.01. The van der Waals surface area contributed by atoms with Crippen molar-refractivity contribution in [1.29, 1.82) is 0 Å². The maximum atomic E-state index is 5.37. The van der Waals surface area contributed by atoms with Gasteiger partial charge in [-0.2, -0.15) is 0 Å². The SMILES string of the molecule is CCOc1ccc(Nc2ncncc2Br)cc1. The van der Waals surface area contributed by atoms with Crippen LogP contribution in [0.3, 0.4) is 0 Å². The van der Waals surface area contributed by atoms with E-state index in [1.54, 1.807) is 6.20 Å². The van der Waals surface area contributed by atoms with Crippen LogP contribution in [0.2, 0.25) is 0 Å². The van der Waals surface area contributed by atoms with Crippen LogP contribution in [0.5, 0.6) is 5.75 Å². The van der Waals surface area contributed by atoms with E-state index in [1.807, 2.05) is 31.2 Å². The minimum Gasteiger partial charge on any atom is -0.494 e. The predicted octanol–water partition coefficient (Wildman–Crippen LogP) is 3.38. The van der Waals surface area contributed by atoms with Gasteiger partial charge in [-0.25, -0.2) is 9.97 Å². The van der Waals surface area contributed by atoms with Gasteiger partial charge in [-0.15, -0.1) is 0 Å². The van der Waals surface area contributed by atoms with Gasteiger partial charge in [0.25, 0.3) is 0 Å². The lowest BCUT2D eigenvalue weighted by Gasteiger charge is -2.08. The van der Waals surface area contributed by atoms with Crippen LogP contribution >= 0.6 is 15.9 Å². The average Bonchev–Trinajstić information content (AvgIpc) is 2.35. The normalized spacial score (nSPS) is 10.0. The van der Waals surface area contributed by atoms with Gasteiger partial charge in [-0.05, 0) is 47.1 Å². The third-order valence-corrected chi connectivity index (χ3v) is 2.68.